The molecule has 5 heteroatoms. The van der Waals surface area contributed by atoms with Gasteiger partial charge in [0, 0.05) is 31.9 Å². The molecular weight excluding hydrogens is 304 g/mol. The Morgan fingerprint density at radius 1 is 1.25 bits per heavy atom. The zero-order valence-corrected chi connectivity index (χ0v) is 13.9. The monoisotopic (exact) mass is 328 g/mol. The Bertz CT molecular complexity index is 648. The number of hydrogen-bond acceptors (Lipinski definition) is 3. The third-order valence-corrected chi connectivity index (χ3v) is 5.59. The molecule has 2 heterocycles. The van der Waals surface area contributed by atoms with Crippen LogP contribution in [0.25, 0.3) is 0 Å². The van der Waals surface area contributed by atoms with Crippen molar-refractivity contribution in [1.82, 2.24) is 10.2 Å². The van der Waals surface area contributed by atoms with Crippen LogP contribution in [0.1, 0.15) is 48.0 Å². The third kappa shape index (κ3) is 2.93. The van der Waals surface area contributed by atoms with E-state index in [-0.39, 0.29) is 11.8 Å². The summed E-state index contributed by atoms with van der Waals surface area (Å²) in [5.41, 5.74) is 1.43. The molecule has 1 aromatic carbocycles. The highest BCUT2D eigenvalue weighted by Crippen LogP contribution is 2.38. The lowest BCUT2D eigenvalue weighted by Gasteiger charge is -2.44. The van der Waals surface area contributed by atoms with Crippen LogP contribution in [0.3, 0.4) is 0 Å². The molecule has 4 rings (SSSR count). The number of amides is 2. The molecule has 0 unspecified atom stereocenters. The lowest BCUT2D eigenvalue weighted by atomic mass is 9.84. The van der Waals surface area contributed by atoms with Crippen molar-refractivity contribution in [3.8, 4) is 0 Å². The summed E-state index contributed by atoms with van der Waals surface area (Å²) in [6, 6.07) is 7.76. The van der Waals surface area contributed by atoms with Crippen molar-refractivity contribution in [2.45, 2.75) is 44.2 Å². The largest absolute Gasteiger partial charge is 0.381 e. The second kappa shape index (κ2) is 6.20. The lowest BCUT2D eigenvalue weighted by molar-refractivity contribution is -0.125. The zero-order valence-electron chi connectivity index (χ0n) is 13.9. The smallest absolute Gasteiger partial charge is 0.254 e. The fraction of sp³-hybridized carbons (Fsp3) is 0.579. The van der Waals surface area contributed by atoms with E-state index < -0.39 is 5.54 Å². The Hall–Kier alpha value is -1.88. The molecule has 1 aliphatic carbocycles. The van der Waals surface area contributed by atoms with E-state index in [1.807, 2.05) is 29.2 Å². The summed E-state index contributed by atoms with van der Waals surface area (Å²) in [7, 11) is 0. The summed E-state index contributed by atoms with van der Waals surface area (Å²) >= 11 is 0. The Balaban J connectivity index is 1.53. The van der Waals surface area contributed by atoms with Crippen LogP contribution in [0.2, 0.25) is 0 Å². The van der Waals surface area contributed by atoms with Crippen LogP contribution >= 0.6 is 0 Å². The van der Waals surface area contributed by atoms with Gasteiger partial charge in [-0.1, -0.05) is 18.2 Å². The van der Waals surface area contributed by atoms with Crippen molar-refractivity contribution in [1.29, 1.82) is 0 Å². The van der Waals surface area contributed by atoms with Gasteiger partial charge in [0.15, 0.2) is 0 Å². The van der Waals surface area contributed by atoms with Gasteiger partial charge >= 0.3 is 0 Å². The normalized spacial score (nSPS) is 22.3. The van der Waals surface area contributed by atoms with E-state index in [2.05, 4.69) is 5.32 Å². The van der Waals surface area contributed by atoms with Crippen molar-refractivity contribution in [2.75, 3.05) is 19.8 Å². The highest BCUT2D eigenvalue weighted by Gasteiger charge is 2.46. The minimum atomic E-state index is -0.415. The molecule has 0 radical (unpaired) electrons. The third-order valence-electron chi connectivity index (χ3n) is 5.59. The van der Waals surface area contributed by atoms with Gasteiger partial charge in [-0.25, -0.2) is 0 Å². The minimum absolute atomic E-state index is 0.0579. The van der Waals surface area contributed by atoms with Gasteiger partial charge in [-0.2, -0.15) is 0 Å². The molecule has 0 spiro atoms. The maximum atomic E-state index is 12.9. The zero-order chi connectivity index (χ0) is 16.6. The van der Waals surface area contributed by atoms with Gasteiger partial charge in [-0.3, -0.25) is 9.59 Å². The summed E-state index contributed by atoms with van der Waals surface area (Å²) < 4.78 is 5.52. The molecule has 5 nitrogen and oxygen atoms in total. The number of nitrogens with zero attached hydrogens (tertiary/aromatic N) is 1. The molecule has 24 heavy (non-hydrogen) atoms. The standard InChI is InChI=1S/C19H24N2O3/c22-17(20-12-14-5-6-14)11-19(7-9-24-10-8-19)21-13-15-3-1-2-4-16(15)18(21)23/h1-4,14H,5-13H2,(H,20,22). The fourth-order valence-corrected chi connectivity index (χ4v) is 3.87. The van der Waals surface area contributed by atoms with Crippen molar-refractivity contribution in [3.63, 3.8) is 0 Å². The second-order valence-electron chi connectivity index (χ2n) is 7.31. The van der Waals surface area contributed by atoms with Crippen LogP contribution < -0.4 is 5.32 Å². The predicted octanol–water partition coefficient (Wildman–Crippen LogP) is 2.11. The SMILES string of the molecule is O=C(CC1(N2Cc3ccccc3C2=O)CCOCC1)NCC1CC1. The second-order valence-corrected chi connectivity index (χ2v) is 7.31. The summed E-state index contributed by atoms with van der Waals surface area (Å²) in [5, 5.41) is 3.06. The van der Waals surface area contributed by atoms with E-state index in [4.69, 9.17) is 4.74 Å². The number of nitrogens with one attached hydrogen (secondary N) is 1. The molecular formula is C19H24N2O3. The van der Waals surface area contributed by atoms with Gasteiger partial charge in [0.1, 0.15) is 0 Å². The van der Waals surface area contributed by atoms with Crippen molar-refractivity contribution < 1.29 is 14.3 Å². The van der Waals surface area contributed by atoms with Crippen LogP contribution in [0.4, 0.5) is 0 Å². The average Bonchev–Trinajstić information content (AvgIpc) is 3.37. The minimum Gasteiger partial charge on any atom is -0.381 e. The number of hydrogen-bond donors (Lipinski definition) is 1. The molecule has 1 aromatic rings. The molecule has 128 valence electrons. The first-order valence-electron chi connectivity index (χ1n) is 8.92. The van der Waals surface area contributed by atoms with Gasteiger partial charge in [-0.05, 0) is 43.2 Å². The van der Waals surface area contributed by atoms with Gasteiger partial charge in [-0.15, -0.1) is 0 Å². The summed E-state index contributed by atoms with van der Waals surface area (Å²) in [6.45, 7) is 2.59. The Morgan fingerprint density at radius 3 is 2.71 bits per heavy atom. The van der Waals surface area contributed by atoms with Gasteiger partial charge in [0.2, 0.25) is 5.91 Å². The number of carbonyl (C=O) groups is 2. The van der Waals surface area contributed by atoms with Gasteiger partial charge < -0.3 is 15.0 Å². The van der Waals surface area contributed by atoms with Crippen LogP contribution in [0.15, 0.2) is 24.3 Å². The van der Waals surface area contributed by atoms with Crippen molar-refractivity contribution in [3.05, 3.63) is 35.4 Å². The Labute approximate surface area is 142 Å². The van der Waals surface area contributed by atoms with E-state index in [0.717, 1.165) is 30.5 Å². The van der Waals surface area contributed by atoms with Crippen LogP contribution in [0.5, 0.6) is 0 Å². The summed E-state index contributed by atoms with van der Waals surface area (Å²) in [5.74, 6) is 0.785. The first kappa shape index (κ1) is 15.6. The molecule has 1 N–H and O–H groups in total. The average molecular weight is 328 g/mol. The molecule has 1 saturated heterocycles. The lowest BCUT2D eigenvalue weighted by Crippen LogP contribution is -2.54. The maximum absolute atomic E-state index is 12.9. The van der Waals surface area contributed by atoms with Gasteiger partial charge in [0.05, 0.1) is 12.0 Å². The number of carbonyl (C=O) groups excluding carboxylic acids is 2. The molecule has 0 aromatic heterocycles. The molecule has 0 bridgehead atoms. The first-order chi connectivity index (χ1) is 11.7. The highest BCUT2D eigenvalue weighted by atomic mass is 16.5. The highest BCUT2D eigenvalue weighted by molar-refractivity contribution is 5.99. The number of ether oxygens (including phenoxy) is 1. The van der Waals surface area contributed by atoms with E-state index in [0.29, 0.717) is 32.1 Å². The fourth-order valence-electron chi connectivity index (χ4n) is 3.87. The number of fused-ring (bicyclic) bond motifs is 1. The van der Waals surface area contributed by atoms with Crippen LogP contribution in [-0.2, 0) is 16.1 Å². The van der Waals surface area contributed by atoms with Gasteiger partial charge in [0.25, 0.3) is 5.91 Å². The predicted molar refractivity (Wildman–Crippen MR) is 89.5 cm³/mol. The molecule has 0 atom stereocenters. The van der Waals surface area contributed by atoms with E-state index in [9.17, 15) is 9.59 Å². The molecule has 2 fully saturated rings. The maximum Gasteiger partial charge on any atom is 0.254 e. The first-order valence-corrected chi connectivity index (χ1v) is 8.92. The molecule has 1 saturated carbocycles. The number of rotatable bonds is 5. The summed E-state index contributed by atoms with van der Waals surface area (Å²) in [4.78, 5) is 27.3. The van der Waals surface area contributed by atoms with E-state index in [1.165, 1.54) is 12.8 Å². The number of benzene rings is 1. The molecule has 2 amide bonds. The Kier molecular flexibility index (Phi) is 4.04. The molecule has 2 aliphatic heterocycles. The van der Waals surface area contributed by atoms with Crippen molar-refractivity contribution in [2.24, 2.45) is 5.92 Å². The van der Waals surface area contributed by atoms with Crippen molar-refractivity contribution >= 4 is 11.8 Å². The topological polar surface area (TPSA) is 58.6 Å². The summed E-state index contributed by atoms with van der Waals surface area (Å²) in [6.07, 6.45) is 4.27. The van der Waals surface area contributed by atoms with Crippen LogP contribution in [0, 0.1) is 5.92 Å². The van der Waals surface area contributed by atoms with E-state index >= 15 is 0 Å². The van der Waals surface area contributed by atoms with Crippen LogP contribution in [-0.4, -0.2) is 42.0 Å². The van der Waals surface area contributed by atoms with E-state index in [1.54, 1.807) is 0 Å². The Morgan fingerprint density at radius 2 is 2.00 bits per heavy atom. The quantitative estimate of drug-likeness (QED) is 0.900. The molecule has 3 aliphatic rings.